The number of carbonyl (C=O) groups is 1. The zero-order valence-electron chi connectivity index (χ0n) is 19.2. The predicted octanol–water partition coefficient (Wildman–Crippen LogP) is 5.34. The molecule has 3 heterocycles. The molecule has 2 aliphatic rings. The highest BCUT2D eigenvalue weighted by Crippen LogP contribution is 2.45. The van der Waals surface area contributed by atoms with Crippen molar-refractivity contribution in [2.75, 3.05) is 12.4 Å². The van der Waals surface area contributed by atoms with Crippen LogP contribution < -0.4 is 14.8 Å². The number of methoxy groups -OCH3 is 1. The van der Waals surface area contributed by atoms with Gasteiger partial charge in [-0.05, 0) is 41.1 Å². The quantitative estimate of drug-likeness (QED) is 0.398. The highest BCUT2D eigenvalue weighted by molar-refractivity contribution is 7.10. The summed E-state index contributed by atoms with van der Waals surface area (Å²) in [5, 5.41) is 9.89. The van der Waals surface area contributed by atoms with Crippen molar-refractivity contribution in [3.05, 3.63) is 99.6 Å². The summed E-state index contributed by atoms with van der Waals surface area (Å²) in [5.41, 5.74) is 3.65. The molecule has 0 saturated heterocycles. The Hall–Kier alpha value is -3.91. The highest BCUT2D eigenvalue weighted by Gasteiger charge is 2.39. The molecule has 7 nitrogen and oxygen atoms in total. The van der Waals surface area contributed by atoms with E-state index in [0.717, 1.165) is 28.8 Å². The third-order valence-corrected chi connectivity index (χ3v) is 7.58. The van der Waals surface area contributed by atoms with Gasteiger partial charge in [-0.3, -0.25) is 4.79 Å². The van der Waals surface area contributed by atoms with Crippen LogP contribution in [0.15, 0.2) is 83.6 Å². The Kier molecular flexibility index (Phi) is 5.58. The van der Waals surface area contributed by atoms with Crippen LogP contribution in [-0.4, -0.2) is 27.7 Å². The molecule has 2 aromatic carbocycles. The Bertz CT molecular complexity index is 1400. The zero-order valence-corrected chi connectivity index (χ0v) is 20.0. The van der Waals surface area contributed by atoms with Gasteiger partial charge < -0.3 is 14.8 Å². The van der Waals surface area contributed by atoms with Gasteiger partial charge in [0.15, 0.2) is 17.3 Å². The zero-order chi connectivity index (χ0) is 23.8. The van der Waals surface area contributed by atoms with E-state index in [4.69, 9.17) is 9.47 Å². The van der Waals surface area contributed by atoms with E-state index in [1.54, 1.807) is 23.1 Å². The molecule has 0 unspecified atom stereocenters. The molecule has 176 valence electrons. The van der Waals surface area contributed by atoms with Gasteiger partial charge in [-0.15, -0.1) is 11.3 Å². The van der Waals surface area contributed by atoms with E-state index in [1.807, 2.05) is 54.6 Å². The molecule has 0 spiro atoms. The first kappa shape index (κ1) is 21.6. The number of fused-ring (bicyclic) bond motifs is 1. The summed E-state index contributed by atoms with van der Waals surface area (Å²) in [4.78, 5) is 19.2. The van der Waals surface area contributed by atoms with E-state index in [9.17, 15) is 4.79 Å². The van der Waals surface area contributed by atoms with Gasteiger partial charge in [-0.25, -0.2) is 4.68 Å². The second kappa shape index (κ2) is 9.03. The van der Waals surface area contributed by atoms with Crippen molar-refractivity contribution in [1.82, 2.24) is 14.8 Å². The Balaban J connectivity index is 1.35. The van der Waals surface area contributed by atoms with Crippen LogP contribution in [0.3, 0.4) is 0 Å². The topological polar surface area (TPSA) is 78.3 Å². The molecule has 0 fully saturated rings. The van der Waals surface area contributed by atoms with E-state index in [1.165, 1.54) is 11.2 Å². The lowest BCUT2D eigenvalue weighted by Crippen LogP contribution is -2.33. The van der Waals surface area contributed by atoms with E-state index in [2.05, 4.69) is 26.8 Å². The lowest BCUT2D eigenvalue weighted by molar-refractivity contribution is -0.116. The molecule has 0 saturated carbocycles. The second-order valence-corrected chi connectivity index (χ2v) is 9.66. The largest absolute Gasteiger partial charge is 0.493 e. The second-order valence-electron chi connectivity index (χ2n) is 8.68. The van der Waals surface area contributed by atoms with Gasteiger partial charge in [-0.2, -0.15) is 10.1 Å². The number of rotatable bonds is 6. The van der Waals surface area contributed by atoms with E-state index in [-0.39, 0.29) is 17.7 Å². The van der Waals surface area contributed by atoms with Crippen molar-refractivity contribution in [3.8, 4) is 11.5 Å². The molecule has 2 aromatic heterocycles. The Morgan fingerprint density at radius 3 is 2.77 bits per heavy atom. The van der Waals surface area contributed by atoms with Crippen molar-refractivity contribution in [2.45, 2.75) is 31.4 Å². The fourth-order valence-electron chi connectivity index (χ4n) is 4.89. The molecular weight excluding hydrogens is 460 g/mol. The summed E-state index contributed by atoms with van der Waals surface area (Å²) in [5.74, 6) is 2.20. The van der Waals surface area contributed by atoms with Crippen LogP contribution >= 0.6 is 11.3 Å². The highest BCUT2D eigenvalue weighted by atomic mass is 32.1. The lowest BCUT2D eigenvalue weighted by atomic mass is 9.80. The smallest absolute Gasteiger partial charge is 0.226 e. The summed E-state index contributed by atoms with van der Waals surface area (Å²) >= 11 is 1.70. The summed E-state index contributed by atoms with van der Waals surface area (Å²) in [7, 11) is 1.62. The third-order valence-electron chi connectivity index (χ3n) is 6.55. The van der Waals surface area contributed by atoms with E-state index >= 15 is 0 Å². The van der Waals surface area contributed by atoms with Gasteiger partial charge in [0.25, 0.3) is 0 Å². The van der Waals surface area contributed by atoms with Crippen LogP contribution in [0.4, 0.5) is 5.95 Å². The van der Waals surface area contributed by atoms with Gasteiger partial charge in [0.1, 0.15) is 19.0 Å². The first-order valence-corrected chi connectivity index (χ1v) is 12.4. The predicted molar refractivity (Wildman–Crippen MR) is 134 cm³/mol. The van der Waals surface area contributed by atoms with Crippen LogP contribution in [-0.2, 0) is 11.4 Å². The fourth-order valence-corrected chi connectivity index (χ4v) is 5.72. The minimum atomic E-state index is -0.377. The molecule has 4 aromatic rings. The van der Waals surface area contributed by atoms with Gasteiger partial charge in [-0.1, -0.05) is 42.5 Å². The number of nitrogens with one attached hydrogen (secondary N) is 1. The number of carbonyl (C=O) groups excluding carboxylic acids is 1. The SMILES string of the molecule is COc1cc([C@@H]2C3=C(C[C@H](c4cccs4)CC3=O)Nc3ncnn32)ccc1OCc1ccccc1. The van der Waals surface area contributed by atoms with Crippen molar-refractivity contribution in [2.24, 2.45) is 0 Å². The average Bonchev–Trinajstić information content (AvgIpc) is 3.59. The molecule has 8 heteroatoms. The van der Waals surface area contributed by atoms with E-state index < -0.39 is 0 Å². The van der Waals surface area contributed by atoms with Gasteiger partial charge in [0.05, 0.1) is 7.11 Å². The van der Waals surface area contributed by atoms with Crippen molar-refractivity contribution in [1.29, 1.82) is 0 Å². The molecule has 0 amide bonds. The number of hydrogen-bond donors (Lipinski definition) is 1. The number of ether oxygens (including phenoxy) is 2. The van der Waals surface area contributed by atoms with Crippen molar-refractivity contribution >= 4 is 23.1 Å². The monoisotopic (exact) mass is 484 g/mol. The van der Waals surface area contributed by atoms with Crippen molar-refractivity contribution in [3.63, 3.8) is 0 Å². The summed E-state index contributed by atoms with van der Waals surface area (Å²) < 4.78 is 13.5. The molecule has 35 heavy (non-hydrogen) atoms. The maximum absolute atomic E-state index is 13.5. The number of benzene rings is 2. The Morgan fingerprint density at radius 1 is 1.09 bits per heavy atom. The number of anilines is 1. The van der Waals surface area contributed by atoms with Crippen LogP contribution in [0, 0.1) is 0 Å². The van der Waals surface area contributed by atoms with Crippen molar-refractivity contribution < 1.29 is 14.3 Å². The number of thiophene rings is 1. The standard InChI is InChI=1S/C27H24N4O3S/c1-33-23-14-18(9-10-22(23)34-15-17-6-3-2-4-7-17)26-25-20(30-27-28-16-29-31(26)27)12-19(13-21(25)32)24-8-5-11-35-24/h2-11,14,16,19,26H,12-13,15H2,1H3,(H,28,29,30)/t19-,26+/m0/s1. The molecule has 1 aliphatic heterocycles. The molecule has 1 N–H and O–H groups in total. The molecule has 6 rings (SSSR count). The maximum Gasteiger partial charge on any atom is 0.226 e. The molecule has 0 bridgehead atoms. The van der Waals surface area contributed by atoms with E-state index in [0.29, 0.717) is 30.5 Å². The lowest BCUT2D eigenvalue weighted by Gasteiger charge is -2.35. The number of Topliss-reactive ketones (excluding diaryl/α,β-unsaturated/α-hetero) is 1. The molecule has 0 radical (unpaired) electrons. The van der Waals surface area contributed by atoms with Gasteiger partial charge in [0.2, 0.25) is 5.95 Å². The maximum atomic E-state index is 13.5. The van der Waals surface area contributed by atoms with Gasteiger partial charge in [0, 0.05) is 28.5 Å². The Labute approximate surface area is 207 Å². The van der Waals surface area contributed by atoms with Gasteiger partial charge >= 0.3 is 0 Å². The number of ketones is 1. The minimum Gasteiger partial charge on any atom is -0.493 e. The molecule has 2 atom stereocenters. The summed E-state index contributed by atoms with van der Waals surface area (Å²) in [6.07, 6.45) is 2.76. The fraction of sp³-hybridized carbons (Fsp3) is 0.222. The Morgan fingerprint density at radius 2 is 1.97 bits per heavy atom. The average molecular weight is 485 g/mol. The molecule has 1 aliphatic carbocycles. The number of allylic oxidation sites excluding steroid dienone is 2. The minimum absolute atomic E-state index is 0.131. The van der Waals surface area contributed by atoms with Crippen LogP contribution in [0.25, 0.3) is 0 Å². The summed E-state index contributed by atoms with van der Waals surface area (Å²) in [6.45, 7) is 0.439. The number of hydrogen-bond acceptors (Lipinski definition) is 7. The van der Waals surface area contributed by atoms with Crippen LogP contribution in [0.1, 0.15) is 40.8 Å². The third kappa shape index (κ3) is 4.00. The number of aromatic nitrogens is 3. The first-order chi connectivity index (χ1) is 17.2. The first-order valence-electron chi connectivity index (χ1n) is 11.5. The van der Waals surface area contributed by atoms with Crippen LogP contribution in [0.2, 0.25) is 0 Å². The summed E-state index contributed by atoms with van der Waals surface area (Å²) in [6, 6.07) is 19.6. The molecular formula is C27H24N4O3S. The number of nitrogens with zero attached hydrogens (tertiary/aromatic N) is 3. The normalized spacial score (nSPS) is 19.1. The van der Waals surface area contributed by atoms with Crippen LogP contribution in [0.5, 0.6) is 11.5 Å².